The summed E-state index contributed by atoms with van der Waals surface area (Å²) < 4.78 is 7.65. The lowest BCUT2D eigenvalue weighted by atomic mass is 10.00. The molecular weight excluding hydrogens is 402 g/mol. The summed E-state index contributed by atoms with van der Waals surface area (Å²) in [6.07, 6.45) is 1.91. The van der Waals surface area contributed by atoms with Crippen LogP contribution in [0.3, 0.4) is 0 Å². The summed E-state index contributed by atoms with van der Waals surface area (Å²) in [6, 6.07) is 17.0. The van der Waals surface area contributed by atoms with E-state index in [4.69, 9.17) is 4.74 Å². The molecule has 1 N–H and O–H groups in total. The average molecular weight is 425 g/mol. The van der Waals surface area contributed by atoms with Crippen molar-refractivity contribution in [2.75, 3.05) is 0 Å². The van der Waals surface area contributed by atoms with Crippen molar-refractivity contribution < 1.29 is 14.6 Å². The number of carbonyl (C=O) groups is 1. The Hall–Kier alpha value is -4.11. The summed E-state index contributed by atoms with van der Waals surface area (Å²) in [6.45, 7) is 6.10. The van der Waals surface area contributed by atoms with E-state index in [-0.39, 0.29) is 0 Å². The van der Waals surface area contributed by atoms with Crippen molar-refractivity contribution in [1.29, 1.82) is 0 Å². The van der Waals surface area contributed by atoms with Crippen LogP contribution < -0.4 is 4.74 Å². The van der Waals surface area contributed by atoms with Gasteiger partial charge < -0.3 is 9.84 Å². The molecule has 0 spiro atoms. The smallest absolute Gasteiger partial charge is 0.323 e. The third-order valence-electron chi connectivity index (χ3n) is 5.25. The van der Waals surface area contributed by atoms with Crippen LogP contribution in [0.2, 0.25) is 0 Å². The minimum Gasteiger partial charge on any atom is -0.489 e. The van der Waals surface area contributed by atoms with E-state index in [1.165, 1.54) is 0 Å². The summed E-state index contributed by atoms with van der Waals surface area (Å²) in [4.78, 5) is 16.0. The standard InChI is InChI=1S/C26H23N3O3/c1-4-6-22(26(30)31)20-10-12-21(13-11-20)32-16-19-9-14-23-27-25(28-29(23)15-19)24-17(2)7-5-8-18(24)3/h5,7-15,22H,16H2,1-3H3,(H,30,31). The van der Waals surface area contributed by atoms with Gasteiger partial charge >= 0.3 is 5.97 Å². The highest BCUT2D eigenvalue weighted by atomic mass is 16.5. The van der Waals surface area contributed by atoms with Gasteiger partial charge in [0.2, 0.25) is 0 Å². The van der Waals surface area contributed by atoms with E-state index in [9.17, 15) is 9.90 Å². The Morgan fingerprint density at radius 1 is 1.09 bits per heavy atom. The van der Waals surface area contributed by atoms with Crippen LogP contribution in [-0.2, 0) is 11.4 Å². The topological polar surface area (TPSA) is 76.7 Å². The van der Waals surface area contributed by atoms with E-state index >= 15 is 0 Å². The lowest BCUT2D eigenvalue weighted by Crippen LogP contribution is -2.09. The highest BCUT2D eigenvalue weighted by Gasteiger charge is 2.17. The molecule has 0 amide bonds. The molecule has 0 saturated carbocycles. The van der Waals surface area contributed by atoms with Gasteiger partial charge in [-0.2, -0.15) is 0 Å². The molecule has 32 heavy (non-hydrogen) atoms. The highest BCUT2D eigenvalue weighted by Crippen LogP contribution is 2.25. The molecule has 0 aliphatic heterocycles. The van der Waals surface area contributed by atoms with E-state index in [0.717, 1.165) is 27.9 Å². The number of pyridine rings is 1. The molecule has 6 nitrogen and oxygen atoms in total. The van der Waals surface area contributed by atoms with Crippen LogP contribution in [0.1, 0.15) is 35.1 Å². The number of hydrogen-bond acceptors (Lipinski definition) is 4. The molecule has 0 bridgehead atoms. The van der Waals surface area contributed by atoms with Crippen LogP contribution in [0.25, 0.3) is 17.0 Å². The van der Waals surface area contributed by atoms with Gasteiger partial charge in [-0.15, -0.1) is 11.0 Å². The van der Waals surface area contributed by atoms with Crippen molar-refractivity contribution in [3.8, 4) is 29.0 Å². The number of carboxylic acids is 1. The quantitative estimate of drug-likeness (QED) is 0.450. The zero-order valence-electron chi connectivity index (χ0n) is 18.2. The second-order valence-electron chi connectivity index (χ2n) is 7.57. The van der Waals surface area contributed by atoms with Crippen molar-refractivity contribution in [3.63, 3.8) is 0 Å². The van der Waals surface area contributed by atoms with Crippen LogP contribution in [0.5, 0.6) is 5.75 Å². The van der Waals surface area contributed by atoms with Gasteiger partial charge in [0.15, 0.2) is 11.5 Å². The van der Waals surface area contributed by atoms with Crippen LogP contribution in [0, 0.1) is 25.7 Å². The SMILES string of the molecule is CC#CC(C(=O)O)c1ccc(OCc2ccc3nc(-c4c(C)cccc4C)nn3c2)cc1. The number of rotatable bonds is 6. The Morgan fingerprint density at radius 3 is 2.47 bits per heavy atom. The van der Waals surface area contributed by atoms with Crippen molar-refractivity contribution >= 4 is 11.6 Å². The summed E-state index contributed by atoms with van der Waals surface area (Å²) >= 11 is 0. The maximum Gasteiger partial charge on any atom is 0.323 e. The summed E-state index contributed by atoms with van der Waals surface area (Å²) in [5, 5.41) is 14.0. The third kappa shape index (κ3) is 4.33. The number of ether oxygens (including phenoxy) is 1. The molecule has 2 aromatic heterocycles. The number of aliphatic carboxylic acids is 1. The first-order valence-corrected chi connectivity index (χ1v) is 10.3. The minimum absolute atomic E-state index is 0.352. The van der Waals surface area contributed by atoms with E-state index in [1.54, 1.807) is 35.7 Å². The number of benzene rings is 2. The highest BCUT2D eigenvalue weighted by molar-refractivity contribution is 5.80. The molecule has 4 aromatic rings. The Balaban J connectivity index is 1.50. The number of aromatic nitrogens is 3. The predicted octanol–water partition coefficient (Wildman–Crippen LogP) is 4.78. The van der Waals surface area contributed by atoms with Crippen molar-refractivity contribution in [1.82, 2.24) is 14.6 Å². The van der Waals surface area contributed by atoms with Gasteiger partial charge in [0.1, 0.15) is 18.3 Å². The molecule has 2 heterocycles. The number of nitrogens with zero attached hydrogens (tertiary/aromatic N) is 3. The first-order chi connectivity index (χ1) is 15.5. The first kappa shape index (κ1) is 21.1. The molecule has 0 aliphatic rings. The molecule has 6 heteroatoms. The fourth-order valence-electron chi connectivity index (χ4n) is 3.64. The molecule has 1 unspecified atom stereocenters. The number of carboxylic acid groups (broad SMARTS) is 1. The van der Waals surface area contributed by atoms with Crippen molar-refractivity contribution in [2.45, 2.75) is 33.3 Å². The van der Waals surface area contributed by atoms with Gasteiger partial charge in [-0.25, -0.2) is 9.50 Å². The van der Waals surface area contributed by atoms with Gasteiger partial charge in [0.05, 0.1) is 0 Å². The van der Waals surface area contributed by atoms with Crippen molar-refractivity contribution in [3.05, 3.63) is 83.0 Å². The van der Waals surface area contributed by atoms with Crippen LogP contribution >= 0.6 is 0 Å². The van der Waals surface area contributed by atoms with Crippen LogP contribution in [-0.4, -0.2) is 25.7 Å². The zero-order chi connectivity index (χ0) is 22.7. The molecule has 0 aliphatic carbocycles. The lowest BCUT2D eigenvalue weighted by molar-refractivity contribution is -0.137. The van der Waals surface area contributed by atoms with E-state index < -0.39 is 11.9 Å². The van der Waals surface area contributed by atoms with E-state index in [2.05, 4.69) is 47.9 Å². The third-order valence-corrected chi connectivity index (χ3v) is 5.25. The molecule has 160 valence electrons. The predicted molar refractivity (Wildman–Crippen MR) is 122 cm³/mol. The molecular formula is C26H23N3O3. The number of aryl methyl sites for hydroxylation is 2. The number of hydrogen-bond donors (Lipinski definition) is 1. The molecule has 4 rings (SSSR count). The Morgan fingerprint density at radius 2 is 1.81 bits per heavy atom. The molecule has 0 saturated heterocycles. The first-order valence-electron chi connectivity index (χ1n) is 10.3. The fourth-order valence-corrected chi connectivity index (χ4v) is 3.64. The van der Waals surface area contributed by atoms with E-state index in [1.807, 2.05) is 24.4 Å². The van der Waals surface area contributed by atoms with Gasteiger partial charge in [0, 0.05) is 17.3 Å². The molecule has 0 radical (unpaired) electrons. The minimum atomic E-state index is -0.964. The zero-order valence-corrected chi connectivity index (χ0v) is 18.2. The maximum atomic E-state index is 11.4. The van der Waals surface area contributed by atoms with Gasteiger partial charge in [-0.05, 0) is 55.7 Å². The van der Waals surface area contributed by atoms with Gasteiger partial charge in [-0.3, -0.25) is 4.79 Å². The van der Waals surface area contributed by atoms with Crippen LogP contribution in [0.4, 0.5) is 0 Å². The Labute approximate surface area is 186 Å². The summed E-state index contributed by atoms with van der Waals surface area (Å²) in [7, 11) is 0. The second-order valence-corrected chi connectivity index (χ2v) is 7.57. The fraction of sp³-hybridized carbons (Fsp3) is 0.192. The van der Waals surface area contributed by atoms with E-state index in [0.29, 0.717) is 23.7 Å². The Bertz CT molecular complexity index is 1320. The molecule has 2 aromatic carbocycles. The molecule has 0 fully saturated rings. The second kappa shape index (κ2) is 8.94. The van der Waals surface area contributed by atoms with Crippen LogP contribution in [0.15, 0.2) is 60.8 Å². The lowest BCUT2D eigenvalue weighted by Gasteiger charge is -2.09. The average Bonchev–Trinajstić information content (AvgIpc) is 3.19. The summed E-state index contributed by atoms with van der Waals surface area (Å²) in [5.74, 6) is 4.93. The van der Waals surface area contributed by atoms with Gasteiger partial charge in [0.25, 0.3) is 0 Å². The molecule has 1 atom stereocenters. The maximum absolute atomic E-state index is 11.4. The largest absolute Gasteiger partial charge is 0.489 e. The monoisotopic (exact) mass is 425 g/mol. The van der Waals surface area contributed by atoms with Crippen molar-refractivity contribution in [2.24, 2.45) is 0 Å². The normalized spacial score (nSPS) is 11.6. The summed E-state index contributed by atoms with van der Waals surface area (Å²) in [5.41, 5.74) is 5.68. The Kier molecular flexibility index (Phi) is 5.91. The van der Waals surface area contributed by atoms with Gasteiger partial charge in [-0.1, -0.05) is 42.3 Å². The number of fused-ring (bicyclic) bond motifs is 1.